The van der Waals surface area contributed by atoms with Crippen LogP contribution in [0.4, 0.5) is 0 Å². The molecule has 1 aromatic rings. The van der Waals surface area contributed by atoms with Crippen LogP contribution in [-0.2, 0) is 17.8 Å². The molecule has 146 valence electrons. The highest BCUT2D eigenvalue weighted by Gasteiger charge is 2.38. The summed E-state index contributed by atoms with van der Waals surface area (Å²) in [5.74, 6) is 1.46. The van der Waals surface area contributed by atoms with Crippen LogP contribution in [0.5, 0.6) is 0 Å². The number of hydrogen-bond donors (Lipinski definition) is 2. The summed E-state index contributed by atoms with van der Waals surface area (Å²) in [4.78, 5) is 21.5. The zero-order valence-electron chi connectivity index (χ0n) is 16.4. The first-order chi connectivity index (χ1) is 13.1. The van der Waals surface area contributed by atoms with E-state index >= 15 is 0 Å². The molecular weight excluding hydrogens is 338 g/mol. The van der Waals surface area contributed by atoms with Crippen molar-refractivity contribution >= 4 is 11.9 Å². The molecule has 0 radical (unpaired) electrons. The highest BCUT2D eigenvalue weighted by molar-refractivity contribution is 5.86. The third-order valence-electron chi connectivity index (χ3n) is 6.14. The molecule has 3 aliphatic rings. The molecule has 2 unspecified atom stereocenters. The first kappa shape index (κ1) is 18.3. The van der Waals surface area contributed by atoms with Crippen LogP contribution < -0.4 is 10.6 Å². The zero-order valence-corrected chi connectivity index (χ0v) is 16.4. The van der Waals surface area contributed by atoms with Crippen LogP contribution in [-0.4, -0.2) is 67.0 Å². The van der Waals surface area contributed by atoms with Crippen molar-refractivity contribution in [3.05, 3.63) is 35.4 Å². The van der Waals surface area contributed by atoms with Crippen molar-refractivity contribution in [1.29, 1.82) is 0 Å². The number of nitrogens with one attached hydrogen (secondary N) is 2. The van der Waals surface area contributed by atoms with Crippen LogP contribution in [0, 0.1) is 5.92 Å². The second-order valence-corrected chi connectivity index (χ2v) is 8.17. The lowest BCUT2D eigenvalue weighted by molar-refractivity contribution is -0.130. The molecule has 1 saturated heterocycles. The van der Waals surface area contributed by atoms with Gasteiger partial charge in [-0.25, -0.2) is 0 Å². The number of carbonyl (C=O) groups is 1. The van der Waals surface area contributed by atoms with Crippen molar-refractivity contribution in [2.24, 2.45) is 10.9 Å². The number of rotatable bonds is 4. The Labute approximate surface area is 162 Å². The van der Waals surface area contributed by atoms with E-state index in [0.717, 1.165) is 38.1 Å². The third-order valence-corrected chi connectivity index (χ3v) is 6.14. The van der Waals surface area contributed by atoms with Crippen LogP contribution in [0.3, 0.4) is 0 Å². The third kappa shape index (κ3) is 4.26. The first-order valence-electron chi connectivity index (χ1n) is 10.2. The normalized spacial score (nSPS) is 26.0. The van der Waals surface area contributed by atoms with Gasteiger partial charge in [0.15, 0.2) is 5.96 Å². The number of aliphatic imine (C=N–C) groups is 1. The van der Waals surface area contributed by atoms with Crippen LogP contribution in [0.15, 0.2) is 29.3 Å². The number of likely N-dealkylation sites (tertiary alicyclic amines) is 1. The molecule has 2 heterocycles. The van der Waals surface area contributed by atoms with Crippen LogP contribution in [0.25, 0.3) is 0 Å². The van der Waals surface area contributed by atoms with Crippen molar-refractivity contribution in [2.45, 2.75) is 44.8 Å². The van der Waals surface area contributed by atoms with Crippen LogP contribution >= 0.6 is 0 Å². The van der Waals surface area contributed by atoms with Crippen molar-refractivity contribution < 1.29 is 4.79 Å². The Morgan fingerprint density at radius 1 is 1.22 bits per heavy atom. The lowest BCUT2D eigenvalue weighted by atomic mass is 10.00. The predicted molar refractivity (Wildman–Crippen MR) is 108 cm³/mol. The summed E-state index contributed by atoms with van der Waals surface area (Å²) in [5.41, 5.74) is 2.63. The molecule has 27 heavy (non-hydrogen) atoms. The van der Waals surface area contributed by atoms with Crippen LogP contribution in [0.2, 0.25) is 0 Å². The summed E-state index contributed by atoms with van der Waals surface area (Å²) in [6.07, 6.45) is 3.63. The smallest absolute Gasteiger partial charge is 0.242 e. The monoisotopic (exact) mass is 369 g/mol. The highest BCUT2D eigenvalue weighted by Crippen LogP contribution is 2.31. The molecule has 2 atom stereocenters. The minimum absolute atomic E-state index is 0.131. The molecule has 1 aromatic carbocycles. The van der Waals surface area contributed by atoms with Crippen molar-refractivity contribution in [3.63, 3.8) is 0 Å². The van der Waals surface area contributed by atoms with Gasteiger partial charge in [0.25, 0.3) is 0 Å². The van der Waals surface area contributed by atoms with E-state index in [4.69, 9.17) is 0 Å². The Morgan fingerprint density at radius 2 is 2.00 bits per heavy atom. The van der Waals surface area contributed by atoms with E-state index < -0.39 is 0 Å². The summed E-state index contributed by atoms with van der Waals surface area (Å²) in [5, 5.41) is 6.76. The average Bonchev–Trinajstić information content (AvgIpc) is 3.48. The fourth-order valence-electron chi connectivity index (χ4n) is 4.28. The second kappa shape index (κ2) is 7.89. The Hall–Kier alpha value is -2.08. The van der Waals surface area contributed by atoms with Crippen molar-refractivity contribution in [2.75, 3.05) is 33.2 Å². The van der Waals surface area contributed by atoms with E-state index in [0.29, 0.717) is 18.5 Å². The SMILES string of the molecule is CN=C(NCC(=O)N1CCc2ccccc2C1)NC1CN(C2CC2)CC1C. The maximum Gasteiger partial charge on any atom is 0.242 e. The van der Waals surface area contributed by atoms with E-state index in [1.165, 1.54) is 24.0 Å². The zero-order chi connectivity index (χ0) is 18.8. The molecule has 6 heteroatoms. The molecule has 1 saturated carbocycles. The summed E-state index contributed by atoms with van der Waals surface area (Å²) in [6, 6.07) is 9.60. The van der Waals surface area contributed by atoms with Crippen molar-refractivity contribution in [3.8, 4) is 0 Å². The maximum atomic E-state index is 12.7. The molecule has 2 aliphatic heterocycles. The van der Waals surface area contributed by atoms with Gasteiger partial charge in [-0.05, 0) is 36.3 Å². The Bertz CT molecular complexity index is 714. The van der Waals surface area contributed by atoms with Gasteiger partial charge >= 0.3 is 0 Å². The van der Waals surface area contributed by atoms with E-state index in [1.807, 2.05) is 11.0 Å². The Morgan fingerprint density at radius 3 is 2.74 bits per heavy atom. The number of carbonyl (C=O) groups excluding carboxylic acids is 1. The highest BCUT2D eigenvalue weighted by atomic mass is 16.2. The lowest BCUT2D eigenvalue weighted by Crippen LogP contribution is -2.50. The first-order valence-corrected chi connectivity index (χ1v) is 10.2. The number of nitrogens with zero attached hydrogens (tertiary/aromatic N) is 3. The van der Waals surface area contributed by atoms with Gasteiger partial charge in [0, 0.05) is 45.3 Å². The minimum Gasteiger partial charge on any atom is -0.352 e. The van der Waals surface area contributed by atoms with Crippen molar-refractivity contribution in [1.82, 2.24) is 20.4 Å². The van der Waals surface area contributed by atoms with E-state index in [-0.39, 0.29) is 12.5 Å². The minimum atomic E-state index is 0.131. The van der Waals surface area contributed by atoms with Gasteiger partial charge in [0.05, 0.1) is 6.54 Å². The molecule has 1 amide bonds. The van der Waals surface area contributed by atoms with Crippen LogP contribution in [0.1, 0.15) is 30.9 Å². The summed E-state index contributed by atoms with van der Waals surface area (Å²) >= 11 is 0. The summed E-state index contributed by atoms with van der Waals surface area (Å²) in [6.45, 7) is 6.31. The molecule has 0 spiro atoms. The lowest BCUT2D eigenvalue weighted by Gasteiger charge is -2.29. The van der Waals surface area contributed by atoms with Gasteiger partial charge < -0.3 is 15.5 Å². The second-order valence-electron chi connectivity index (χ2n) is 8.17. The number of amides is 1. The van der Waals surface area contributed by atoms with E-state index in [1.54, 1.807) is 7.05 Å². The van der Waals surface area contributed by atoms with E-state index in [2.05, 4.69) is 45.6 Å². The number of fused-ring (bicyclic) bond motifs is 1. The molecule has 6 nitrogen and oxygen atoms in total. The maximum absolute atomic E-state index is 12.7. The molecule has 0 bridgehead atoms. The Kier molecular flexibility index (Phi) is 5.34. The fraction of sp³-hybridized carbons (Fsp3) is 0.619. The van der Waals surface area contributed by atoms with E-state index in [9.17, 15) is 4.79 Å². The van der Waals surface area contributed by atoms with Gasteiger partial charge in [-0.2, -0.15) is 0 Å². The topological polar surface area (TPSA) is 60.0 Å². The standard InChI is InChI=1S/C21H31N5O/c1-15-12-26(18-7-8-18)14-19(15)24-21(22-2)23-11-20(27)25-10-9-16-5-3-4-6-17(16)13-25/h3-6,15,18-19H,7-14H2,1-2H3,(H2,22,23,24). The molecule has 0 aromatic heterocycles. The van der Waals surface area contributed by atoms with Gasteiger partial charge in [-0.3, -0.25) is 14.7 Å². The number of hydrogen-bond acceptors (Lipinski definition) is 3. The number of guanidine groups is 1. The van der Waals surface area contributed by atoms with Gasteiger partial charge in [-0.1, -0.05) is 31.2 Å². The van der Waals surface area contributed by atoms with Gasteiger partial charge in [0.1, 0.15) is 0 Å². The van der Waals surface area contributed by atoms with Gasteiger partial charge in [-0.15, -0.1) is 0 Å². The average molecular weight is 370 g/mol. The molecule has 2 N–H and O–H groups in total. The summed E-state index contributed by atoms with van der Waals surface area (Å²) in [7, 11) is 1.77. The number of benzene rings is 1. The molecule has 1 aliphatic carbocycles. The summed E-state index contributed by atoms with van der Waals surface area (Å²) < 4.78 is 0. The van der Waals surface area contributed by atoms with Gasteiger partial charge in [0.2, 0.25) is 5.91 Å². The molecule has 4 rings (SSSR count). The predicted octanol–water partition coefficient (Wildman–Crippen LogP) is 1.22. The fourth-order valence-corrected chi connectivity index (χ4v) is 4.28. The molecular formula is C21H31N5O. The Balaban J connectivity index is 1.26. The molecule has 2 fully saturated rings. The quantitative estimate of drug-likeness (QED) is 0.619. The largest absolute Gasteiger partial charge is 0.352 e.